The lowest BCUT2D eigenvalue weighted by atomic mass is 10.2. The van der Waals surface area contributed by atoms with E-state index in [9.17, 15) is 4.79 Å². The molecule has 0 saturated heterocycles. The van der Waals surface area contributed by atoms with E-state index in [1.54, 1.807) is 29.1 Å². The highest BCUT2D eigenvalue weighted by Gasteiger charge is 2.11. The number of carbonyl (C=O) groups is 1. The largest absolute Gasteiger partial charge is 0.456 e. The van der Waals surface area contributed by atoms with Gasteiger partial charge in [0, 0.05) is 26.7 Å². The molecule has 0 bridgehead atoms. The Labute approximate surface area is 171 Å². The van der Waals surface area contributed by atoms with Gasteiger partial charge in [-0.1, -0.05) is 70.3 Å². The lowest BCUT2D eigenvalue weighted by molar-refractivity contribution is -0.139. The summed E-state index contributed by atoms with van der Waals surface area (Å²) in [5.41, 5.74) is 2.11. The Morgan fingerprint density at radius 2 is 1.81 bits per heavy atom. The van der Waals surface area contributed by atoms with Crippen molar-refractivity contribution in [2.24, 2.45) is 0 Å². The summed E-state index contributed by atoms with van der Waals surface area (Å²) >= 11 is 18.3. The van der Waals surface area contributed by atoms with Crippen LogP contribution in [0, 0.1) is 0 Å². The molecule has 5 nitrogen and oxygen atoms in total. The zero-order valence-corrected chi connectivity index (χ0v) is 16.2. The fraction of sp³-hybridized carbons (Fsp3) is 0.105. The molecule has 3 aromatic rings. The SMILES string of the molecule is O=C(/C=C/c1ccccc1)OCc1cn(Cc2c(Cl)cc(Cl)cc2Cl)nn1. The van der Waals surface area contributed by atoms with Gasteiger partial charge in [-0.05, 0) is 23.8 Å². The summed E-state index contributed by atoms with van der Waals surface area (Å²) in [5.74, 6) is -0.461. The predicted molar refractivity (Wildman–Crippen MR) is 106 cm³/mol. The zero-order valence-electron chi connectivity index (χ0n) is 14.0. The van der Waals surface area contributed by atoms with Crippen molar-refractivity contribution in [1.29, 1.82) is 0 Å². The van der Waals surface area contributed by atoms with Gasteiger partial charge in [0.25, 0.3) is 0 Å². The third kappa shape index (κ3) is 5.57. The van der Waals surface area contributed by atoms with Crippen LogP contribution in [0.15, 0.2) is 54.7 Å². The molecular formula is C19H14Cl3N3O2. The second-order valence-corrected chi connectivity index (χ2v) is 6.86. The lowest BCUT2D eigenvalue weighted by Gasteiger charge is -2.07. The van der Waals surface area contributed by atoms with Crippen molar-refractivity contribution in [3.63, 3.8) is 0 Å². The fourth-order valence-electron chi connectivity index (χ4n) is 2.29. The van der Waals surface area contributed by atoms with Gasteiger partial charge in [0.05, 0.1) is 12.7 Å². The van der Waals surface area contributed by atoms with E-state index in [4.69, 9.17) is 39.5 Å². The lowest BCUT2D eigenvalue weighted by Crippen LogP contribution is -2.02. The summed E-state index contributed by atoms with van der Waals surface area (Å²) in [6, 6.07) is 12.7. The number of ether oxygens (including phenoxy) is 1. The Hall–Kier alpha value is -2.34. The quantitative estimate of drug-likeness (QED) is 0.412. The topological polar surface area (TPSA) is 57.0 Å². The van der Waals surface area contributed by atoms with Gasteiger partial charge in [-0.2, -0.15) is 0 Å². The van der Waals surface area contributed by atoms with E-state index < -0.39 is 5.97 Å². The number of hydrogen-bond donors (Lipinski definition) is 0. The highest BCUT2D eigenvalue weighted by atomic mass is 35.5. The molecule has 0 fully saturated rings. The van der Waals surface area contributed by atoms with Gasteiger partial charge in [0.15, 0.2) is 0 Å². The Bertz CT molecular complexity index is 948. The number of esters is 1. The van der Waals surface area contributed by atoms with Crippen LogP contribution in [-0.2, 0) is 22.7 Å². The first-order valence-corrected chi connectivity index (χ1v) is 9.07. The van der Waals surface area contributed by atoms with Crippen molar-refractivity contribution in [3.8, 4) is 0 Å². The van der Waals surface area contributed by atoms with Crippen LogP contribution in [0.3, 0.4) is 0 Å². The molecule has 0 N–H and O–H groups in total. The van der Waals surface area contributed by atoms with Crippen molar-refractivity contribution in [2.45, 2.75) is 13.2 Å². The molecule has 8 heteroatoms. The smallest absolute Gasteiger partial charge is 0.331 e. The van der Waals surface area contributed by atoms with E-state index >= 15 is 0 Å². The molecule has 138 valence electrons. The monoisotopic (exact) mass is 421 g/mol. The van der Waals surface area contributed by atoms with Gasteiger partial charge in [0.2, 0.25) is 0 Å². The normalized spacial score (nSPS) is 11.1. The number of rotatable bonds is 6. The second-order valence-electron chi connectivity index (χ2n) is 5.61. The molecule has 1 heterocycles. The highest BCUT2D eigenvalue weighted by molar-refractivity contribution is 6.39. The summed E-state index contributed by atoms with van der Waals surface area (Å²) in [6.45, 7) is 0.337. The number of hydrogen-bond acceptors (Lipinski definition) is 4. The molecule has 27 heavy (non-hydrogen) atoms. The average Bonchev–Trinajstić information content (AvgIpc) is 3.10. The summed E-state index contributed by atoms with van der Waals surface area (Å²) in [7, 11) is 0. The molecule has 0 aliphatic heterocycles. The summed E-state index contributed by atoms with van der Waals surface area (Å²) in [4.78, 5) is 11.8. The number of carbonyl (C=O) groups excluding carboxylic acids is 1. The maximum Gasteiger partial charge on any atom is 0.331 e. The molecule has 0 aliphatic carbocycles. The molecule has 1 aromatic heterocycles. The van der Waals surface area contributed by atoms with Gasteiger partial charge in [-0.25, -0.2) is 9.48 Å². The Morgan fingerprint density at radius 3 is 2.52 bits per heavy atom. The van der Waals surface area contributed by atoms with Crippen LogP contribution in [0.5, 0.6) is 0 Å². The minimum atomic E-state index is -0.461. The number of nitrogens with zero attached hydrogens (tertiary/aromatic N) is 3. The van der Waals surface area contributed by atoms with Gasteiger partial charge in [0.1, 0.15) is 12.3 Å². The molecule has 0 amide bonds. The van der Waals surface area contributed by atoms with Gasteiger partial charge in [-0.3, -0.25) is 0 Å². The first kappa shape index (κ1) is 19.4. The highest BCUT2D eigenvalue weighted by Crippen LogP contribution is 2.29. The number of benzene rings is 2. The van der Waals surface area contributed by atoms with Gasteiger partial charge in [-0.15, -0.1) is 5.10 Å². The van der Waals surface area contributed by atoms with Crippen LogP contribution >= 0.6 is 34.8 Å². The standard InChI is InChI=1S/C19H14Cl3N3O2/c20-14-8-17(21)16(18(22)9-14)11-25-10-15(23-24-25)12-27-19(26)7-6-13-4-2-1-3-5-13/h1-10H,11-12H2/b7-6+. The van der Waals surface area contributed by atoms with Crippen molar-refractivity contribution in [3.05, 3.63) is 86.6 Å². The molecular weight excluding hydrogens is 409 g/mol. The molecule has 3 rings (SSSR count). The van der Waals surface area contributed by atoms with Crippen LogP contribution in [0.1, 0.15) is 16.8 Å². The molecule has 0 atom stereocenters. The van der Waals surface area contributed by atoms with E-state index in [1.165, 1.54) is 6.08 Å². The maximum absolute atomic E-state index is 11.8. The van der Waals surface area contributed by atoms with Crippen molar-refractivity contribution in [1.82, 2.24) is 15.0 Å². The minimum Gasteiger partial charge on any atom is -0.456 e. The summed E-state index contributed by atoms with van der Waals surface area (Å²) in [6.07, 6.45) is 4.71. The molecule has 0 aliphatic rings. The van der Waals surface area contributed by atoms with E-state index in [-0.39, 0.29) is 6.61 Å². The van der Waals surface area contributed by atoms with Crippen LogP contribution < -0.4 is 0 Å². The first-order valence-electron chi connectivity index (χ1n) is 7.93. The Balaban J connectivity index is 1.57. The zero-order chi connectivity index (χ0) is 19.2. The number of aromatic nitrogens is 3. The van der Waals surface area contributed by atoms with Crippen molar-refractivity contribution in [2.75, 3.05) is 0 Å². The van der Waals surface area contributed by atoms with Crippen LogP contribution in [0.4, 0.5) is 0 Å². The molecule has 0 unspecified atom stereocenters. The van der Waals surface area contributed by atoms with Crippen LogP contribution in [-0.4, -0.2) is 21.0 Å². The van der Waals surface area contributed by atoms with E-state index in [2.05, 4.69) is 10.3 Å². The molecule has 0 spiro atoms. The Kier molecular flexibility index (Phi) is 6.50. The predicted octanol–water partition coefficient (Wildman–Crippen LogP) is 5.04. The van der Waals surface area contributed by atoms with E-state index in [1.807, 2.05) is 30.3 Å². The fourth-order valence-corrected chi connectivity index (χ4v) is 3.23. The molecule has 0 saturated carbocycles. The average molecular weight is 423 g/mol. The minimum absolute atomic E-state index is 0.0139. The van der Waals surface area contributed by atoms with Crippen molar-refractivity contribution >= 4 is 46.8 Å². The van der Waals surface area contributed by atoms with Gasteiger partial charge >= 0.3 is 5.97 Å². The maximum atomic E-state index is 11.8. The van der Waals surface area contributed by atoms with Crippen LogP contribution in [0.25, 0.3) is 6.08 Å². The summed E-state index contributed by atoms with van der Waals surface area (Å²) in [5, 5.41) is 9.33. The Morgan fingerprint density at radius 1 is 1.11 bits per heavy atom. The van der Waals surface area contributed by atoms with E-state index in [0.29, 0.717) is 32.9 Å². The van der Waals surface area contributed by atoms with Crippen LogP contribution in [0.2, 0.25) is 15.1 Å². The molecule has 2 aromatic carbocycles. The molecule has 0 radical (unpaired) electrons. The number of halogens is 3. The van der Waals surface area contributed by atoms with E-state index in [0.717, 1.165) is 5.56 Å². The third-order valence-electron chi connectivity index (χ3n) is 3.59. The summed E-state index contributed by atoms with van der Waals surface area (Å²) < 4.78 is 6.72. The first-order chi connectivity index (χ1) is 13.0. The van der Waals surface area contributed by atoms with Crippen molar-refractivity contribution < 1.29 is 9.53 Å². The second kappa shape index (κ2) is 9.04. The van der Waals surface area contributed by atoms with Gasteiger partial charge < -0.3 is 4.74 Å². The third-order valence-corrected chi connectivity index (χ3v) is 4.48.